The van der Waals surface area contributed by atoms with Crippen molar-refractivity contribution >= 4 is 5.91 Å². The highest BCUT2D eigenvalue weighted by atomic mass is 16.1. The first-order valence-corrected chi connectivity index (χ1v) is 5.18. The van der Waals surface area contributed by atoms with Gasteiger partial charge in [0.2, 0.25) is 5.91 Å². The number of rotatable bonds is 4. The van der Waals surface area contributed by atoms with Gasteiger partial charge in [0.25, 0.3) is 0 Å². The average Bonchev–Trinajstić information content (AvgIpc) is 2.52. The number of nitrogens with one attached hydrogen (secondary N) is 1. The van der Waals surface area contributed by atoms with Gasteiger partial charge in [-0.05, 0) is 32.1 Å². The van der Waals surface area contributed by atoms with Gasteiger partial charge < -0.3 is 11.1 Å². The summed E-state index contributed by atoms with van der Waals surface area (Å²) in [6.07, 6.45) is 4.94. The van der Waals surface area contributed by atoms with Crippen molar-refractivity contribution < 1.29 is 4.79 Å². The highest BCUT2D eigenvalue weighted by Crippen LogP contribution is 2.27. The molecular weight excluding hydrogens is 164 g/mol. The molecule has 3 heteroatoms. The third-order valence-electron chi connectivity index (χ3n) is 3.03. The van der Waals surface area contributed by atoms with Crippen LogP contribution in [0.5, 0.6) is 0 Å². The van der Waals surface area contributed by atoms with Gasteiger partial charge in [0, 0.05) is 6.04 Å². The van der Waals surface area contributed by atoms with E-state index in [1.165, 1.54) is 25.7 Å². The Morgan fingerprint density at radius 3 is 2.77 bits per heavy atom. The van der Waals surface area contributed by atoms with Crippen molar-refractivity contribution in [1.82, 2.24) is 5.32 Å². The SMILES string of the molecule is CCC1CCC(NC(C)C(N)=O)C1. The number of hydrogen-bond donors (Lipinski definition) is 2. The number of carbonyl (C=O) groups is 1. The zero-order valence-corrected chi connectivity index (χ0v) is 8.55. The van der Waals surface area contributed by atoms with Gasteiger partial charge in [0.05, 0.1) is 6.04 Å². The van der Waals surface area contributed by atoms with Crippen molar-refractivity contribution in [2.45, 2.75) is 51.6 Å². The molecule has 0 aromatic heterocycles. The molecule has 0 aliphatic heterocycles. The van der Waals surface area contributed by atoms with Crippen LogP contribution in [0.3, 0.4) is 0 Å². The van der Waals surface area contributed by atoms with Crippen LogP contribution in [-0.4, -0.2) is 18.0 Å². The molecule has 0 heterocycles. The molecular formula is C10H20N2O. The molecule has 0 spiro atoms. The summed E-state index contributed by atoms with van der Waals surface area (Å²) in [7, 11) is 0. The number of primary amides is 1. The zero-order chi connectivity index (χ0) is 9.84. The number of amides is 1. The molecule has 1 amide bonds. The van der Waals surface area contributed by atoms with Crippen molar-refractivity contribution in [3.8, 4) is 0 Å². The van der Waals surface area contributed by atoms with Crippen LogP contribution in [0.4, 0.5) is 0 Å². The molecule has 0 aromatic rings. The van der Waals surface area contributed by atoms with E-state index in [1.807, 2.05) is 6.92 Å². The molecule has 13 heavy (non-hydrogen) atoms. The maximum atomic E-state index is 10.8. The van der Waals surface area contributed by atoms with Gasteiger partial charge in [-0.15, -0.1) is 0 Å². The van der Waals surface area contributed by atoms with E-state index in [0.29, 0.717) is 6.04 Å². The average molecular weight is 184 g/mol. The lowest BCUT2D eigenvalue weighted by Crippen LogP contribution is -2.43. The minimum Gasteiger partial charge on any atom is -0.368 e. The van der Waals surface area contributed by atoms with Gasteiger partial charge in [-0.1, -0.05) is 13.3 Å². The van der Waals surface area contributed by atoms with Gasteiger partial charge in [-0.25, -0.2) is 0 Å². The Morgan fingerprint density at radius 2 is 2.31 bits per heavy atom. The highest BCUT2D eigenvalue weighted by molar-refractivity contribution is 5.79. The van der Waals surface area contributed by atoms with E-state index in [-0.39, 0.29) is 11.9 Å². The number of hydrogen-bond acceptors (Lipinski definition) is 2. The van der Waals surface area contributed by atoms with Crippen LogP contribution in [0, 0.1) is 5.92 Å². The summed E-state index contributed by atoms with van der Waals surface area (Å²) in [5.41, 5.74) is 5.18. The van der Waals surface area contributed by atoms with Gasteiger partial charge in [0.1, 0.15) is 0 Å². The van der Waals surface area contributed by atoms with Crippen LogP contribution in [0.1, 0.15) is 39.5 Å². The normalized spacial score (nSPS) is 30.3. The molecule has 1 saturated carbocycles. The first-order chi connectivity index (χ1) is 6.13. The predicted octanol–water partition coefficient (Wildman–Crippen LogP) is 1.03. The second-order valence-electron chi connectivity index (χ2n) is 4.07. The quantitative estimate of drug-likeness (QED) is 0.685. The molecule has 0 radical (unpaired) electrons. The molecule has 3 N–H and O–H groups in total. The molecule has 3 atom stereocenters. The van der Waals surface area contributed by atoms with Crippen LogP contribution in [0.25, 0.3) is 0 Å². The Balaban J connectivity index is 2.27. The summed E-state index contributed by atoms with van der Waals surface area (Å²) in [5.74, 6) is 0.595. The second kappa shape index (κ2) is 4.61. The van der Waals surface area contributed by atoms with Crippen LogP contribution < -0.4 is 11.1 Å². The maximum Gasteiger partial charge on any atom is 0.234 e. The van der Waals surface area contributed by atoms with Crippen LogP contribution in [-0.2, 0) is 4.79 Å². The summed E-state index contributed by atoms with van der Waals surface area (Å²) in [6, 6.07) is 0.327. The van der Waals surface area contributed by atoms with E-state index in [1.54, 1.807) is 0 Å². The molecule has 3 nitrogen and oxygen atoms in total. The third-order valence-corrected chi connectivity index (χ3v) is 3.03. The summed E-state index contributed by atoms with van der Waals surface area (Å²) < 4.78 is 0. The van der Waals surface area contributed by atoms with E-state index in [9.17, 15) is 4.79 Å². The first kappa shape index (κ1) is 10.5. The van der Waals surface area contributed by atoms with Crippen LogP contribution >= 0.6 is 0 Å². The molecule has 76 valence electrons. The van der Waals surface area contributed by atoms with Crippen LogP contribution in [0.2, 0.25) is 0 Å². The molecule has 3 unspecified atom stereocenters. The van der Waals surface area contributed by atoms with Crippen LogP contribution in [0.15, 0.2) is 0 Å². The largest absolute Gasteiger partial charge is 0.368 e. The van der Waals surface area contributed by atoms with Crippen molar-refractivity contribution in [3.63, 3.8) is 0 Å². The Bertz CT molecular complexity index is 182. The van der Waals surface area contributed by atoms with Gasteiger partial charge in [-0.3, -0.25) is 4.79 Å². The van der Waals surface area contributed by atoms with Crippen molar-refractivity contribution in [1.29, 1.82) is 0 Å². The summed E-state index contributed by atoms with van der Waals surface area (Å²) in [4.78, 5) is 10.8. The fourth-order valence-electron chi connectivity index (χ4n) is 2.03. The maximum absolute atomic E-state index is 10.8. The minimum atomic E-state index is -0.250. The van der Waals surface area contributed by atoms with Crippen molar-refractivity contribution in [2.75, 3.05) is 0 Å². The topological polar surface area (TPSA) is 55.1 Å². The van der Waals surface area contributed by atoms with Gasteiger partial charge >= 0.3 is 0 Å². The minimum absolute atomic E-state index is 0.180. The molecule has 1 rings (SSSR count). The standard InChI is InChI=1S/C10H20N2O/c1-3-8-4-5-9(6-8)12-7(2)10(11)13/h7-9,12H,3-6H2,1-2H3,(H2,11,13). The van der Waals surface area contributed by atoms with E-state index >= 15 is 0 Å². The summed E-state index contributed by atoms with van der Waals surface area (Å²) in [5, 5.41) is 3.27. The molecule has 1 fully saturated rings. The van der Waals surface area contributed by atoms with Gasteiger partial charge in [0.15, 0.2) is 0 Å². The lowest BCUT2D eigenvalue weighted by atomic mass is 10.1. The fourth-order valence-corrected chi connectivity index (χ4v) is 2.03. The smallest absolute Gasteiger partial charge is 0.234 e. The predicted molar refractivity (Wildman–Crippen MR) is 53.2 cm³/mol. The Labute approximate surface area is 80.1 Å². The third kappa shape index (κ3) is 2.99. The first-order valence-electron chi connectivity index (χ1n) is 5.18. The molecule has 0 bridgehead atoms. The lowest BCUT2D eigenvalue weighted by Gasteiger charge is -2.16. The molecule has 0 aromatic carbocycles. The Kier molecular flexibility index (Phi) is 3.72. The molecule has 1 aliphatic rings. The summed E-state index contributed by atoms with van der Waals surface area (Å²) >= 11 is 0. The fraction of sp³-hybridized carbons (Fsp3) is 0.900. The van der Waals surface area contributed by atoms with Crippen molar-refractivity contribution in [2.24, 2.45) is 11.7 Å². The molecule has 1 aliphatic carbocycles. The lowest BCUT2D eigenvalue weighted by molar-refractivity contribution is -0.119. The van der Waals surface area contributed by atoms with E-state index < -0.39 is 0 Å². The Hall–Kier alpha value is -0.570. The Morgan fingerprint density at radius 1 is 1.62 bits per heavy atom. The van der Waals surface area contributed by atoms with E-state index in [2.05, 4.69) is 12.2 Å². The monoisotopic (exact) mass is 184 g/mol. The highest BCUT2D eigenvalue weighted by Gasteiger charge is 2.25. The molecule has 0 saturated heterocycles. The van der Waals surface area contributed by atoms with Gasteiger partial charge in [-0.2, -0.15) is 0 Å². The van der Waals surface area contributed by atoms with E-state index in [4.69, 9.17) is 5.73 Å². The second-order valence-corrected chi connectivity index (χ2v) is 4.07. The summed E-state index contributed by atoms with van der Waals surface area (Å²) in [6.45, 7) is 4.06. The van der Waals surface area contributed by atoms with E-state index in [0.717, 1.165) is 5.92 Å². The zero-order valence-electron chi connectivity index (χ0n) is 8.55. The number of carbonyl (C=O) groups excluding carboxylic acids is 1. The van der Waals surface area contributed by atoms with Crippen molar-refractivity contribution in [3.05, 3.63) is 0 Å². The number of nitrogens with two attached hydrogens (primary N) is 1.